The molecule has 6 heteroatoms. The molecule has 1 atom stereocenters. The molecule has 4 nitrogen and oxygen atoms in total. The second kappa shape index (κ2) is 7.75. The highest BCUT2D eigenvalue weighted by atomic mass is 35.5. The zero-order valence-electron chi connectivity index (χ0n) is 12.8. The zero-order valence-corrected chi connectivity index (χ0v) is 14.3. The van der Waals surface area contributed by atoms with E-state index in [1.807, 2.05) is 0 Å². The van der Waals surface area contributed by atoms with E-state index in [1.165, 1.54) is 6.20 Å². The molecule has 1 unspecified atom stereocenters. The van der Waals surface area contributed by atoms with Crippen LogP contribution < -0.4 is 0 Å². The van der Waals surface area contributed by atoms with Crippen molar-refractivity contribution in [3.8, 4) is 0 Å². The van der Waals surface area contributed by atoms with Gasteiger partial charge in [0.05, 0.1) is 27.9 Å². The number of halogens is 2. The van der Waals surface area contributed by atoms with Gasteiger partial charge in [0, 0.05) is 11.8 Å². The maximum Gasteiger partial charge on any atom is 0.311 e. The monoisotopic (exact) mass is 352 g/mol. The molecule has 0 aliphatic heterocycles. The second-order valence-electron chi connectivity index (χ2n) is 5.48. The van der Waals surface area contributed by atoms with Crippen molar-refractivity contribution in [1.29, 1.82) is 0 Å². The Balaban J connectivity index is 2.42. The third-order valence-corrected chi connectivity index (χ3v) is 4.74. The molecule has 122 valence electrons. The minimum absolute atomic E-state index is 0.257. The number of aliphatic imine (C=N–C) groups is 2. The third kappa shape index (κ3) is 4.21. The average Bonchev–Trinajstić information content (AvgIpc) is 3.34. The number of hydrogen-bond donors (Lipinski definition) is 1. The lowest BCUT2D eigenvalue weighted by atomic mass is 9.92. The Kier molecular flexibility index (Phi) is 5.97. The van der Waals surface area contributed by atoms with Crippen molar-refractivity contribution < 1.29 is 9.90 Å². The van der Waals surface area contributed by atoms with E-state index in [4.69, 9.17) is 23.2 Å². The summed E-state index contributed by atoms with van der Waals surface area (Å²) in [5, 5.41) is 10.0. The van der Waals surface area contributed by atoms with Crippen molar-refractivity contribution in [2.24, 2.45) is 15.9 Å². The fourth-order valence-electron chi connectivity index (χ4n) is 2.42. The number of hydrogen-bond acceptors (Lipinski definition) is 3. The molecular formula is C17H18Cl2N2O2. The first-order chi connectivity index (χ1) is 11.0. The molecule has 1 aromatic carbocycles. The van der Waals surface area contributed by atoms with Crippen molar-refractivity contribution in [2.45, 2.75) is 32.1 Å². The van der Waals surface area contributed by atoms with E-state index >= 15 is 0 Å². The molecule has 1 aromatic rings. The normalized spacial score (nSPS) is 16.6. The molecule has 1 aliphatic rings. The topological polar surface area (TPSA) is 62.0 Å². The summed E-state index contributed by atoms with van der Waals surface area (Å²) < 4.78 is 0. The average molecular weight is 353 g/mol. The predicted octanol–water partition coefficient (Wildman–Crippen LogP) is 5.05. The molecule has 0 saturated heterocycles. The van der Waals surface area contributed by atoms with Crippen LogP contribution in [0.4, 0.5) is 0 Å². The van der Waals surface area contributed by atoms with E-state index < -0.39 is 11.9 Å². The lowest BCUT2D eigenvalue weighted by Crippen LogP contribution is -2.13. The molecule has 1 N–H and O–H groups in total. The van der Waals surface area contributed by atoms with Crippen molar-refractivity contribution >= 4 is 47.8 Å². The number of carboxylic acids is 1. The molecule has 0 radical (unpaired) electrons. The maximum absolute atomic E-state index is 11.6. The third-order valence-electron chi connectivity index (χ3n) is 3.84. The van der Waals surface area contributed by atoms with E-state index in [-0.39, 0.29) is 10.0 Å². The molecule has 1 saturated carbocycles. The van der Waals surface area contributed by atoms with Gasteiger partial charge >= 0.3 is 5.97 Å². The summed E-state index contributed by atoms with van der Waals surface area (Å²) in [6.45, 7) is 5.29. The largest absolute Gasteiger partial charge is 0.481 e. The van der Waals surface area contributed by atoms with Gasteiger partial charge in [-0.05, 0) is 31.5 Å². The molecule has 23 heavy (non-hydrogen) atoms. The van der Waals surface area contributed by atoms with Gasteiger partial charge in [-0.2, -0.15) is 0 Å². The van der Waals surface area contributed by atoms with Crippen molar-refractivity contribution in [2.75, 3.05) is 0 Å². The molecule has 0 heterocycles. The Labute approximate surface area is 145 Å². The van der Waals surface area contributed by atoms with Crippen molar-refractivity contribution in [3.63, 3.8) is 0 Å². The molecular weight excluding hydrogens is 335 g/mol. The van der Waals surface area contributed by atoms with E-state index in [1.54, 1.807) is 25.3 Å². The van der Waals surface area contributed by atoms with Crippen molar-refractivity contribution in [1.82, 2.24) is 0 Å². The fourth-order valence-corrected chi connectivity index (χ4v) is 2.99. The van der Waals surface area contributed by atoms with Crippen LogP contribution in [0.3, 0.4) is 0 Å². The Morgan fingerprint density at radius 2 is 2.13 bits per heavy atom. The van der Waals surface area contributed by atoms with Crippen LogP contribution in [0.2, 0.25) is 10.0 Å². The van der Waals surface area contributed by atoms with Gasteiger partial charge in [-0.25, -0.2) is 0 Å². The van der Waals surface area contributed by atoms with E-state index in [0.717, 1.165) is 12.8 Å². The number of carbonyl (C=O) groups is 1. The first-order valence-electron chi connectivity index (χ1n) is 7.35. The SMILES string of the molecule is C=N/C(=C\N=CC)c1ccc(C(CC2CC2)C(=O)O)c(Cl)c1Cl. The highest BCUT2D eigenvalue weighted by Crippen LogP contribution is 2.43. The van der Waals surface area contributed by atoms with Crippen LogP contribution in [-0.2, 0) is 4.79 Å². The smallest absolute Gasteiger partial charge is 0.311 e. The van der Waals surface area contributed by atoms with Crippen LogP contribution in [0.5, 0.6) is 0 Å². The first-order valence-corrected chi connectivity index (χ1v) is 8.10. The van der Waals surface area contributed by atoms with Crippen LogP contribution in [0, 0.1) is 5.92 Å². The Hall–Kier alpha value is -1.65. The summed E-state index contributed by atoms with van der Waals surface area (Å²) in [4.78, 5) is 19.5. The molecule has 0 amide bonds. The van der Waals surface area contributed by atoms with E-state index in [9.17, 15) is 9.90 Å². The molecule has 0 spiro atoms. The van der Waals surface area contributed by atoms with E-state index in [2.05, 4.69) is 16.7 Å². The summed E-state index contributed by atoms with van der Waals surface area (Å²) >= 11 is 12.7. The number of nitrogens with zero attached hydrogens (tertiary/aromatic N) is 2. The standard InChI is InChI=1S/C17H18Cl2N2O2/c1-3-21-9-14(20-2)12-7-6-11(15(18)16(12)19)13(17(22)23)8-10-4-5-10/h3,6-7,9-10,13H,2,4-5,8H2,1H3,(H,22,23)/b14-9-,21-3?. The van der Waals surface area contributed by atoms with Gasteiger partial charge in [-0.15, -0.1) is 0 Å². The van der Waals surface area contributed by atoms with Crippen LogP contribution in [-0.4, -0.2) is 24.0 Å². The molecule has 1 fully saturated rings. The van der Waals surface area contributed by atoms with Crippen LogP contribution in [0.1, 0.15) is 43.2 Å². The minimum atomic E-state index is -0.879. The highest BCUT2D eigenvalue weighted by Gasteiger charge is 2.32. The first kappa shape index (κ1) is 17.7. The van der Waals surface area contributed by atoms with Gasteiger partial charge in [-0.3, -0.25) is 14.8 Å². The molecule has 2 rings (SSSR count). The van der Waals surface area contributed by atoms with Crippen LogP contribution in [0.15, 0.2) is 28.3 Å². The van der Waals surface area contributed by atoms with Crippen LogP contribution >= 0.6 is 23.2 Å². The summed E-state index contributed by atoms with van der Waals surface area (Å²) in [5.74, 6) is -1.05. The predicted molar refractivity (Wildman–Crippen MR) is 95.9 cm³/mol. The number of benzene rings is 1. The Morgan fingerprint density at radius 3 is 2.65 bits per heavy atom. The molecule has 0 bridgehead atoms. The Morgan fingerprint density at radius 1 is 1.43 bits per heavy atom. The highest BCUT2D eigenvalue weighted by molar-refractivity contribution is 6.43. The number of carboxylic acid groups (broad SMARTS) is 1. The van der Waals surface area contributed by atoms with E-state index in [0.29, 0.717) is 29.2 Å². The second-order valence-corrected chi connectivity index (χ2v) is 6.24. The summed E-state index contributed by atoms with van der Waals surface area (Å²) in [7, 11) is 0. The van der Waals surface area contributed by atoms with Gasteiger partial charge in [0.2, 0.25) is 0 Å². The van der Waals surface area contributed by atoms with Gasteiger partial charge in [-0.1, -0.05) is 48.2 Å². The summed E-state index contributed by atoms with van der Waals surface area (Å²) in [6.07, 6.45) is 5.90. The molecule has 1 aliphatic carbocycles. The van der Waals surface area contributed by atoms with Crippen molar-refractivity contribution in [3.05, 3.63) is 39.5 Å². The van der Waals surface area contributed by atoms with Gasteiger partial charge < -0.3 is 5.11 Å². The molecule has 0 aromatic heterocycles. The zero-order chi connectivity index (χ0) is 17.0. The lowest BCUT2D eigenvalue weighted by molar-refractivity contribution is -0.139. The fraction of sp³-hybridized carbons (Fsp3) is 0.353. The Bertz CT molecular complexity index is 679. The van der Waals surface area contributed by atoms with Gasteiger partial charge in [0.15, 0.2) is 0 Å². The van der Waals surface area contributed by atoms with Gasteiger partial charge in [0.1, 0.15) is 0 Å². The lowest BCUT2D eigenvalue weighted by Gasteiger charge is -2.16. The minimum Gasteiger partial charge on any atom is -0.481 e. The quantitative estimate of drug-likeness (QED) is 0.697. The number of aliphatic carboxylic acids is 1. The maximum atomic E-state index is 11.6. The summed E-state index contributed by atoms with van der Waals surface area (Å²) in [6, 6.07) is 3.43. The summed E-state index contributed by atoms with van der Waals surface area (Å²) in [5.41, 5.74) is 1.61. The number of rotatable bonds is 7. The van der Waals surface area contributed by atoms with Crippen LogP contribution in [0.25, 0.3) is 5.70 Å². The van der Waals surface area contributed by atoms with Gasteiger partial charge in [0.25, 0.3) is 0 Å².